The molecular weight excluding hydrogens is 527 g/mol. The van der Waals surface area contributed by atoms with Crippen LogP contribution in [0.2, 0.25) is 0 Å². The molecule has 1 saturated carbocycles. The minimum Gasteiger partial charge on any atom is -0.462 e. The summed E-state index contributed by atoms with van der Waals surface area (Å²) >= 11 is 0. The summed E-state index contributed by atoms with van der Waals surface area (Å²) in [7, 11) is -6.58. The first kappa shape index (κ1) is 27.0. The van der Waals surface area contributed by atoms with Crippen LogP contribution in [0.15, 0.2) is 42.5 Å². The van der Waals surface area contributed by atoms with Crippen molar-refractivity contribution in [3.8, 4) is 11.1 Å². The molecule has 0 aliphatic heterocycles. The number of carbonyl (C=O) groups is 2. The van der Waals surface area contributed by atoms with E-state index in [1.165, 1.54) is 6.07 Å². The van der Waals surface area contributed by atoms with Gasteiger partial charge < -0.3 is 9.47 Å². The van der Waals surface area contributed by atoms with Crippen molar-refractivity contribution in [1.82, 2.24) is 0 Å². The Bertz CT molecular complexity index is 1320. The topological polar surface area (TPSA) is 107 Å². The van der Waals surface area contributed by atoms with E-state index < -0.39 is 51.1 Å². The van der Waals surface area contributed by atoms with Crippen molar-refractivity contribution < 1.29 is 54.0 Å². The van der Waals surface area contributed by atoms with Crippen LogP contribution in [-0.4, -0.2) is 48.5 Å². The SMILES string of the molecule is O=C(OC(C(F)(F)F)C(F)(F)S(=O)(=O)O)c1ccc2c(c1)C(C(=O)OC1CCCCC1)c1ccccc1-2. The number of hydrogen-bond donors (Lipinski definition) is 1. The van der Waals surface area contributed by atoms with Gasteiger partial charge in [-0.25, -0.2) is 4.79 Å². The van der Waals surface area contributed by atoms with Crippen LogP contribution in [0.3, 0.4) is 0 Å². The van der Waals surface area contributed by atoms with Crippen molar-refractivity contribution in [2.24, 2.45) is 0 Å². The Balaban J connectivity index is 1.67. The van der Waals surface area contributed by atoms with Crippen LogP contribution in [0.4, 0.5) is 22.0 Å². The number of ether oxygens (including phenoxy) is 2. The van der Waals surface area contributed by atoms with Gasteiger partial charge in [0.2, 0.25) is 0 Å². The van der Waals surface area contributed by atoms with E-state index in [0.29, 0.717) is 29.5 Å². The summed E-state index contributed by atoms with van der Waals surface area (Å²) in [5, 5.41) is -5.86. The molecule has 4 rings (SSSR count). The maximum absolute atomic E-state index is 13.9. The molecule has 0 spiro atoms. The van der Waals surface area contributed by atoms with Crippen LogP contribution in [0.1, 0.15) is 59.5 Å². The second-order valence-electron chi connectivity index (χ2n) is 8.88. The molecule has 0 bridgehead atoms. The number of benzene rings is 2. The standard InChI is InChI=1S/C24H21F5O7S/c25-23(26,27)22(24(28,29)37(32,33)34)36-20(30)13-10-11-16-15-8-4-5-9-17(15)19(18(16)12-13)21(31)35-14-6-2-1-3-7-14/h4-5,8-12,14,19,22H,1-3,6-7H2,(H,32,33,34). The maximum Gasteiger partial charge on any atom is 0.432 e. The summed E-state index contributed by atoms with van der Waals surface area (Å²) in [5.41, 5.74) is 1.20. The second kappa shape index (κ2) is 9.67. The number of alkyl halides is 5. The summed E-state index contributed by atoms with van der Waals surface area (Å²) in [6.45, 7) is 0. The molecular formula is C24H21F5O7S. The normalized spacial score (nSPS) is 19.0. The Morgan fingerprint density at radius 1 is 0.919 bits per heavy atom. The molecule has 0 amide bonds. The van der Waals surface area contributed by atoms with Gasteiger partial charge in [0.1, 0.15) is 12.0 Å². The molecule has 2 aliphatic carbocycles. The Labute approximate surface area is 208 Å². The Morgan fingerprint density at radius 3 is 2.16 bits per heavy atom. The largest absolute Gasteiger partial charge is 0.462 e. The third-order valence-corrected chi connectivity index (χ3v) is 7.30. The van der Waals surface area contributed by atoms with Crippen LogP contribution >= 0.6 is 0 Å². The van der Waals surface area contributed by atoms with Crippen molar-refractivity contribution in [1.29, 1.82) is 0 Å². The van der Waals surface area contributed by atoms with Gasteiger partial charge in [0.15, 0.2) is 0 Å². The molecule has 0 saturated heterocycles. The van der Waals surface area contributed by atoms with Gasteiger partial charge in [0, 0.05) is 0 Å². The van der Waals surface area contributed by atoms with E-state index in [2.05, 4.69) is 4.74 Å². The number of fused-ring (bicyclic) bond motifs is 3. The van der Waals surface area contributed by atoms with Gasteiger partial charge in [-0.15, -0.1) is 0 Å². The summed E-state index contributed by atoms with van der Waals surface area (Å²) < 4.78 is 107. The molecule has 0 radical (unpaired) electrons. The average molecular weight is 548 g/mol. The molecule has 2 aromatic carbocycles. The number of halogens is 5. The van der Waals surface area contributed by atoms with Crippen LogP contribution in [0, 0.1) is 0 Å². The van der Waals surface area contributed by atoms with E-state index in [9.17, 15) is 40.0 Å². The minimum absolute atomic E-state index is 0.196. The highest BCUT2D eigenvalue weighted by atomic mass is 32.2. The van der Waals surface area contributed by atoms with Crippen LogP contribution in [0.25, 0.3) is 11.1 Å². The molecule has 200 valence electrons. The first-order valence-corrected chi connectivity index (χ1v) is 12.7. The van der Waals surface area contributed by atoms with Gasteiger partial charge >= 0.3 is 33.5 Å². The highest BCUT2D eigenvalue weighted by Crippen LogP contribution is 2.46. The fraction of sp³-hybridized carbons (Fsp3) is 0.417. The van der Waals surface area contributed by atoms with Gasteiger partial charge in [0.25, 0.3) is 6.10 Å². The lowest BCUT2D eigenvalue weighted by atomic mass is 9.94. The van der Waals surface area contributed by atoms with Gasteiger partial charge in [-0.05, 0) is 60.1 Å². The second-order valence-corrected chi connectivity index (χ2v) is 10.4. The Morgan fingerprint density at radius 2 is 1.54 bits per heavy atom. The molecule has 0 aromatic heterocycles. The molecule has 1 fully saturated rings. The summed E-state index contributed by atoms with van der Waals surface area (Å²) in [6, 6.07) is 10.1. The van der Waals surface area contributed by atoms with Gasteiger partial charge in [-0.1, -0.05) is 36.8 Å². The smallest absolute Gasteiger partial charge is 0.432 e. The van der Waals surface area contributed by atoms with Gasteiger partial charge in [-0.2, -0.15) is 30.4 Å². The summed E-state index contributed by atoms with van der Waals surface area (Å²) in [6.07, 6.45) is -6.65. The van der Waals surface area contributed by atoms with Crippen LogP contribution in [-0.2, 0) is 24.4 Å². The van der Waals surface area contributed by atoms with Crippen LogP contribution in [0.5, 0.6) is 0 Å². The molecule has 2 atom stereocenters. The summed E-state index contributed by atoms with van der Waals surface area (Å²) in [4.78, 5) is 25.7. The summed E-state index contributed by atoms with van der Waals surface area (Å²) in [5.74, 6) is -3.59. The lowest BCUT2D eigenvalue weighted by molar-refractivity contribution is -0.248. The van der Waals surface area contributed by atoms with Crippen molar-refractivity contribution in [3.05, 3.63) is 59.2 Å². The average Bonchev–Trinajstić information content (AvgIpc) is 3.15. The predicted octanol–water partition coefficient (Wildman–Crippen LogP) is 5.24. The van der Waals surface area contributed by atoms with E-state index in [1.54, 1.807) is 24.3 Å². The number of carbonyl (C=O) groups excluding carboxylic acids is 2. The van der Waals surface area contributed by atoms with Gasteiger partial charge in [0.05, 0.1) is 5.56 Å². The molecule has 2 aliphatic rings. The van der Waals surface area contributed by atoms with E-state index >= 15 is 0 Å². The van der Waals surface area contributed by atoms with Gasteiger partial charge in [-0.3, -0.25) is 9.35 Å². The fourth-order valence-electron chi connectivity index (χ4n) is 4.64. The van der Waals surface area contributed by atoms with E-state index in [-0.39, 0.29) is 11.7 Å². The monoisotopic (exact) mass is 548 g/mol. The Kier molecular flexibility index (Phi) is 7.06. The predicted molar refractivity (Wildman–Crippen MR) is 118 cm³/mol. The third kappa shape index (κ3) is 5.19. The zero-order valence-corrected chi connectivity index (χ0v) is 19.8. The minimum atomic E-state index is -6.58. The lowest BCUT2D eigenvalue weighted by Crippen LogP contribution is -2.52. The molecule has 0 heterocycles. The number of esters is 2. The first-order chi connectivity index (χ1) is 17.2. The molecule has 1 N–H and O–H groups in total. The van der Waals surface area contributed by atoms with Crippen molar-refractivity contribution in [3.63, 3.8) is 0 Å². The highest BCUT2D eigenvalue weighted by Gasteiger charge is 2.66. The zero-order valence-electron chi connectivity index (χ0n) is 19.0. The van der Waals surface area contributed by atoms with E-state index in [1.807, 2.05) is 0 Å². The number of hydrogen-bond acceptors (Lipinski definition) is 6. The van der Waals surface area contributed by atoms with Crippen molar-refractivity contribution in [2.45, 2.75) is 61.7 Å². The quantitative estimate of drug-likeness (QED) is 0.299. The molecule has 2 aromatic rings. The van der Waals surface area contributed by atoms with Crippen molar-refractivity contribution >= 4 is 22.1 Å². The van der Waals surface area contributed by atoms with E-state index in [4.69, 9.17) is 9.29 Å². The van der Waals surface area contributed by atoms with E-state index in [0.717, 1.165) is 31.4 Å². The number of rotatable bonds is 6. The van der Waals surface area contributed by atoms with Crippen LogP contribution < -0.4 is 0 Å². The van der Waals surface area contributed by atoms with Crippen molar-refractivity contribution in [2.75, 3.05) is 0 Å². The molecule has 7 nitrogen and oxygen atoms in total. The molecule has 13 heteroatoms. The zero-order chi connectivity index (χ0) is 27.2. The lowest BCUT2D eigenvalue weighted by Gasteiger charge is -2.26. The molecule has 2 unspecified atom stereocenters. The third-order valence-electron chi connectivity index (χ3n) is 6.40. The Hall–Kier alpha value is -3.06. The fourth-order valence-corrected chi connectivity index (χ4v) is 5.09. The molecule has 37 heavy (non-hydrogen) atoms. The first-order valence-electron chi connectivity index (χ1n) is 11.3. The highest BCUT2D eigenvalue weighted by molar-refractivity contribution is 7.86. The maximum atomic E-state index is 13.9.